The number of benzene rings is 2. The van der Waals surface area contributed by atoms with Crippen LogP contribution in [0.3, 0.4) is 0 Å². The zero-order valence-corrected chi connectivity index (χ0v) is 21.5. The number of aromatic amines is 1. The monoisotopic (exact) mass is 505 g/mol. The standard InChI is InChI=1S/C29H36FN5O2/c1-2-31-27(36)21-9-13-24(14-10-21)35-26-18-20(19-34-16-4-3-5-17-34)6-15-25(26)32-29(35)33-28(37)22-7-11-23(30)12-8-22/h6-8,11-12,15,18,21,24H,2-5,9-10,13-14,16-17,19H2,1H3,(H,31,36)(H,32,33,37)/t21-,24+. The van der Waals surface area contributed by atoms with E-state index in [2.05, 4.69) is 43.0 Å². The van der Waals surface area contributed by atoms with Crippen molar-refractivity contribution >= 4 is 22.8 Å². The van der Waals surface area contributed by atoms with E-state index in [-0.39, 0.29) is 23.7 Å². The van der Waals surface area contributed by atoms with Crippen molar-refractivity contribution in [2.75, 3.05) is 19.6 Å². The van der Waals surface area contributed by atoms with Gasteiger partial charge >= 0.3 is 0 Å². The van der Waals surface area contributed by atoms with Crippen molar-refractivity contribution in [1.82, 2.24) is 19.8 Å². The lowest BCUT2D eigenvalue weighted by Gasteiger charge is -2.29. The van der Waals surface area contributed by atoms with Gasteiger partial charge in [0.2, 0.25) is 11.5 Å². The molecule has 2 fully saturated rings. The van der Waals surface area contributed by atoms with E-state index in [0.29, 0.717) is 17.7 Å². The lowest BCUT2D eigenvalue weighted by Crippen LogP contribution is -2.35. The van der Waals surface area contributed by atoms with Crippen LogP contribution >= 0.6 is 0 Å². The number of nitrogens with zero attached hydrogens (tertiary/aromatic N) is 3. The first-order chi connectivity index (χ1) is 18.0. The molecule has 0 atom stereocenters. The summed E-state index contributed by atoms with van der Waals surface area (Å²) < 4.78 is 15.5. The maximum Gasteiger partial charge on any atom is 0.280 e. The fourth-order valence-corrected chi connectivity index (χ4v) is 5.77. The van der Waals surface area contributed by atoms with E-state index < -0.39 is 5.91 Å². The fourth-order valence-electron chi connectivity index (χ4n) is 5.77. The quantitative estimate of drug-likeness (QED) is 0.509. The molecule has 0 radical (unpaired) electrons. The summed E-state index contributed by atoms with van der Waals surface area (Å²) in [5.74, 6) is -0.643. The van der Waals surface area contributed by atoms with Crippen molar-refractivity contribution in [2.45, 2.75) is 64.5 Å². The van der Waals surface area contributed by atoms with Gasteiger partial charge in [0.25, 0.3) is 5.91 Å². The number of carbonyl (C=O) groups is 2. The highest BCUT2D eigenvalue weighted by atomic mass is 19.1. The first kappa shape index (κ1) is 25.4. The van der Waals surface area contributed by atoms with Crippen molar-refractivity contribution in [1.29, 1.82) is 0 Å². The lowest BCUT2D eigenvalue weighted by molar-refractivity contribution is -0.126. The molecule has 2 N–H and O–H groups in total. The average molecular weight is 506 g/mol. The number of likely N-dealkylation sites (tertiary alicyclic amines) is 1. The van der Waals surface area contributed by atoms with E-state index in [1.807, 2.05) is 6.92 Å². The Bertz CT molecular complexity index is 1310. The molecule has 37 heavy (non-hydrogen) atoms. The SMILES string of the molecule is CCNC(=O)[C@H]1CC[C@@H](n2/c(=N/C(=O)c3ccc(F)cc3)[nH]c3ccc(CN4CCCCC4)cc32)CC1. The molecule has 2 amide bonds. The minimum atomic E-state index is -0.412. The Balaban J connectivity index is 1.49. The number of hydrogen-bond acceptors (Lipinski definition) is 3. The largest absolute Gasteiger partial charge is 0.356 e. The maximum absolute atomic E-state index is 13.4. The van der Waals surface area contributed by atoms with E-state index in [4.69, 9.17) is 0 Å². The summed E-state index contributed by atoms with van der Waals surface area (Å²) in [4.78, 5) is 35.7. The van der Waals surface area contributed by atoms with Crippen molar-refractivity contribution in [2.24, 2.45) is 10.9 Å². The van der Waals surface area contributed by atoms with Crippen LogP contribution in [0, 0.1) is 11.7 Å². The van der Waals surface area contributed by atoms with Gasteiger partial charge in [-0.15, -0.1) is 0 Å². The molecule has 8 heteroatoms. The fraction of sp³-hybridized carbons (Fsp3) is 0.483. The predicted molar refractivity (Wildman–Crippen MR) is 141 cm³/mol. The summed E-state index contributed by atoms with van der Waals surface area (Å²) in [5.41, 5.74) is 4.05. The van der Waals surface area contributed by atoms with Gasteiger partial charge in [-0.3, -0.25) is 14.5 Å². The second-order valence-electron chi connectivity index (χ2n) is 10.3. The average Bonchev–Trinajstić information content (AvgIpc) is 3.27. The van der Waals surface area contributed by atoms with Crippen LogP contribution in [-0.2, 0) is 11.3 Å². The Morgan fingerprint density at radius 3 is 2.46 bits per heavy atom. The van der Waals surface area contributed by atoms with Crippen LogP contribution in [0.25, 0.3) is 11.0 Å². The first-order valence-corrected chi connectivity index (χ1v) is 13.6. The summed E-state index contributed by atoms with van der Waals surface area (Å²) >= 11 is 0. The van der Waals surface area contributed by atoms with E-state index in [1.165, 1.54) is 49.1 Å². The van der Waals surface area contributed by atoms with Gasteiger partial charge in [0, 0.05) is 30.6 Å². The van der Waals surface area contributed by atoms with Gasteiger partial charge in [-0.2, -0.15) is 4.99 Å². The van der Waals surface area contributed by atoms with Crippen LogP contribution in [-0.4, -0.2) is 45.9 Å². The zero-order valence-electron chi connectivity index (χ0n) is 21.5. The van der Waals surface area contributed by atoms with E-state index in [1.54, 1.807) is 0 Å². The minimum absolute atomic E-state index is 0.0258. The number of amides is 2. The molecule has 2 aromatic carbocycles. The summed E-state index contributed by atoms with van der Waals surface area (Å²) in [6.45, 7) is 5.75. The Hall–Kier alpha value is -3.26. The number of halogens is 1. The number of nitrogens with one attached hydrogen (secondary N) is 2. The molecule has 1 aliphatic heterocycles. The summed E-state index contributed by atoms with van der Waals surface area (Å²) in [5, 5.41) is 2.95. The number of H-pyrrole nitrogens is 1. The van der Waals surface area contributed by atoms with Crippen molar-refractivity contribution in [3.63, 3.8) is 0 Å². The molecular formula is C29H36FN5O2. The Labute approximate surface area is 216 Å². The maximum atomic E-state index is 13.4. The smallest absolute Gasteiger partial charge is 0.280 e. The number of imidazole rings is 1. The third kappa shape index (κ3) is 5.85. The summed E-state index contributed by atoms with van der Waals surface area (Å²) in [7, 11) is 0. The predicted octanol–water partition coefficient (Wildman–Crippen LogP) is 4.70. The van der Waals surface area contributed by atoms with Crippen LogP contribution in [0.5, 0.6) is 0 Å². The molecule has 0 unspecified atom stereocenters. The molecule has 1 saturated carbocycles. The molecule has 196 valence electrons. The van der Waals surface area contributed by atoms with E-state index in [0.717, 1.165) is 56.4 Å². The van der Waals surface area contributed by atoms with Crippen LogP contribution < -0.4 is 10.9 Å². The molecule has 1 aliphatic carbocycles. The second-order valence-corrected chi connectivity index (χ2v) is 10.3. The zero-order chi connectivity index (χ0) is 25.8. The van der Waals surface area contributed by atoms with Gasteiger partial charge in [0.1, 0.15) is 5.82 Å². The lowest BCUT2D eigenvalue weighted by atomic mass is 9.85. The van der Waals surface area contributed by atoms with Gasteiger partial charge in [-0.1, -0.05) is 12.5 Å². The number of fused-ring (bicyclic) bond motifs is 1. The van der Waals surface area contributed by atoms with Gasteiger partial charge in [0.05, 0.1) is 11.0 Å². The van der Waals surface area contributed by atoms with Crippen LogP contribution in [0.15, 0.2) is 47.5 Å². The van der Waals surface area contributed by atoms with Gasteiger partial charge in [0.15, 0.2) is 0 Å². The molecule has 3 aromatic rings. The third-order valence-electron chi connectivity index (χ3n) is 7.73. The van der Waals surface area contributed by atoms with Crippen molar-refractivity contribution in [3.05, 3.63) is 65.0 Å². The number of carbonyl (C=O) groups excluding carboxylic acids is 2. The molecule has 5 rings (SSSR count). The molecule has 0 spiro atoms. The highest BCUT2D eigenvalue weighted by Crippen LogP contribution is 2.33. The van der Waals surface area contributed by atoms with Crippen molar-refractivity contribution in [3.8, 4) is 0 Å². The number of hydrogen-bond donors (Lipinski definition) is 2. The van der Waals surface area contributed by atoms with Gasteiger partial charge in [-0.25, -0.2) is 4.39 Å². The Morgan fingerprint density at radius 2 is 1.76 bits per heavy atom. The molecule has 1 saturated heterocycles. The first-order valence-electron chi connectivity index (χ1n) is 13.6. The Morgan fingerprint density at radius 1 is 1.03 bits per heavy atom. The molecule has 0 bridgehead atoms. The van der Waals surface area contributed by atoms with Crippen molar-refractivity contribution < 1.29 is 14.0 Å². The van der Waals surface area contributed by atoms with Crippen LogP contribution in [0.1, 0.15) is 73.8 Å². The molecule has 7 nitrogen and oxygen atoms in total. The van der Waals surface area contributed by atoms with Crippen LogP contribution in [0.4, 0.5) is 4.39 Å². The molecule has 2 heterocycles. The van der Waals surface area contributed by atoms with Gasteiger partial charge < -0.3 is 14.9 Å². The van der Waals surface area contributed by atoms with E-state index in [9.17, 15) is 14.0 Å². The highest BCUT2D eigenvalue weighted by molar-refractivity contribution is 5.95. The minimum Gasteiger partial charge on any atom is -0.356 e. The number of rotatable bonds is 6. The summed E-state index contributed by atoms with van der Waals surface area (Å²) in [6, 6.07) is 12.0. The number of piperidine rings is 1. The van der Waals surface area contributed by atoms with Crippen LogP contribution in [0.2, 0.25) is 0 Å². The third-order valence-corrected chi connectivity index (χ3v) is 7.73. The summed E-state index contributed by atoms with van der Waals surface area (Å²) in [6.07, 6.45) is 7.07. The Kier molecular flexibility index (Phi) is 7.84. The van der Waals surface area contributed by atoms with Gasteiger partial charge in [-0.05, 0) is 100 Å². The van der Waals surface area contributed by atoms with E-state index >= 15 is 0 Å². The topological polar surface area (TPSA) is 82.5 Å². The number of aromatic nitrogens is 2. The normalized spacial score (nSPS) is 21.3. The second kappa shape index (κ2) is 11.4. The highest BCUT2D eigenvalue weighted by Gasteiger charge is 2.28. The molecule has 1 aromatic heterocycles. The molecular weight excluding hydrogens is 469 g/mol. The molecule has 2 aliphatic rings.